The Morgan fingerprint density at radius 2 is 1.95 bits per heavy atom. The Bertz CT molecular complexity index is 463. The second kappa shape index (κ2) is 5.52. The number of rotatable bonds is 5. The van der Waals surface area contributed by atoms with Gasteiger partial charge in [-0.2, -0.15) is 0 Å². The third kappa shape index (κ3) is 3.00. The van der Waals surface area contributed by atoms with Gasteiger partial charge in [0.15, 0.2) is 0 Å². The summed E-state index contributed by atoms with van der Waals surface area (Å²) in [6, 6.07) is 0.139. The largest absolute Gasteiger partial charge is 0.481 e. The molecule has 22 heavy (non-hydrogen) atoms. The van der Waals surface area contributed by atoms with Crippen molar-refractivity contribution in [1.29, 1.82) is 0 Å². The highest BCUT2D eigenvalue weighted by atomic mass is 16.5. The van der Waals surface area contributed by atoms with Gasteiger partial charge in [-0.25, -0.2) is 0 Å². The molecule has 0 aromatic carbocycles. The van der Waals surface area contributed by atoms with Crippen LogP contribution in [0.15, 0.2) is 0 Å². The molecule has 3 rings (SSSR count). The summed E-state index contributed by atoms with van der Waals surface area (Å²) in [7, 11) is 0. The average Bonchev–Trinajstić information content (AvgIpc) is 3.16. The number of amides is 1. The monoisotopic (exact) mass is 309 g/mol. The van der Waals surface area contributed by atoms with E-state index in [1.54, 1.807) is 0 Å². The van der Waals surface area contributed by atoms with Crippen molar-refractivity contribution < 1.29 is 19.4 Å². The van der Waals surface area contributed by atoms with E-state index in [1.165, 1.54) is 0 Å². The maximum absolute atomic E-state index is 12.6. The lowest BCUT2D eigenvalue weighted by atomic mass is 9.66. The van der Waals surface area contributed by atoms with Gasteiger partial charge in [0.2, 0.25) is 5.91 Å². The van der Waals surface area contributed by atoms with Gasteiger partial charge >= 0.3 is 5.97 Å². The van der Waals surface area contributed by atoms with Crippen LogP contribution in [-0.4, -0.2) is 35.2 Å². The van der Waals surface area contributed by atoms with Gasteiger partial charge in [-0.3, -0.25) is 9.59 Å². The van der Waals surface area contributed by atoms with Gasteiger partial charge in [0, 0.05) is 18.1 Å². The van der Waals surface area contributed by atoms with Crippen LogP contribution >= 0.6 is 0 Å². The smallest absolute Gasteiger partial charge is 0.306 e. The number of nitrogens with one attached hydrogen (secondary N) is 1. The molecule has 5 nitrogen and oxygen atoms in total. The predicted octanol–water partition coefficient (Wildman–Crippen LogP) is 2.34. The first-order valence-electron chi connectivity index (χ1n) is 8.52. The van der Waals surface area contributed by atoms with E-state index in [9.17, 15) is 9.59 Å². The van der Waals surface area contributed by atoms with E-state index in [0.717, 1.165) is 32.1 Å². The number of carbonyl (C=O) groups excluding carboxylic acids is 1. The van der Waals surface area contributed by atoms with Gasteiger partial charge in [0.25, 0.3) is 0 Å². The molecule has 3 aliphatic rings. The number of carboxylic acid groups (broad SMARTS) is 1. The van der Waals surface area contributed by atoms with E-state index < -0.39 is 5.97 Å². The molecule has 0 bridgehead atoms. The zero-order valence-electron chi connectivity index (χ0n) is 13.6. The SMILES string of the molecule is CC(C)CC1(C(=O)NC2CCOC3(C2)CC(C(=O)O)C3)CC1. The molecule has 2 N–H and O–H groups in total. The molecule has 5 heteroatoms. The fourth-order valence-corrected chi connectivity index (χ4v) is 4.24. The van der Waals surface area contributed by atoms with Crippen molar-refractivity contribution in [2.24, 2.45) is 17.3 Å². The molecule has 0 aromatic heterocycles. The maximum atomic E-state index is 12.6. The first kappa shape index (κ1) is 15.8. The maximum Gasteiger partial charge on any atom is 0.306 e. The van der Waals surface area contributed by atoms with Crippen LogP contribution in [0.4, 0.5) is 0 Å². The summed E-state index contributed by atoms with van der Waals surface area (Å²) in [5.74, 6) is -0.256. The van der Waals surface area contributed by atoms with Gasteiger partial charge in [0.05, 0.1) is 11.5 Å². The Balaban J connectivity index is 1.53. The molecule has 1 unspecified atom stereocenters. The third-order valence-corrected chi connectivity index (χ3v) is 5.55. The third-order valence-electron chi connectivity index (χ3n) is 5.55. The molecule has 1 saturated heterocycles. The van der Waals surface area contributed by atoms with Crippen molar-refractivity contribution in [3.8, 4) is 0 Å². The number of hydrogen-bond donors (Lipinski definition) is 2. The van der Waals surface area contributed by atoms with E-state index in [4.69, 9.17) is 9.84 Å². The van der Waals surface area contributed by atoms with Crippen molar-refractivity contribution in [3.63, 3.8) is 0 Å². The zero-order chi connectivity index (χ0) is 16.0. The number of aliphatic carboxylic acids is 1. The number of ether oxygens (including phenoxy) is 1. The van der Waals surface area contributed by atoms with Crippen molar-refractivity contribution in [2.45, 2.75) is 70.4 Å². The van der Waals surface area contributed by atoms with Crippen molar-refractivity contribution in [2.75, 3.05) is 6.61 Å². The standard InChI is InChI=1S/C17H27NO4/c1-11(2)7-16(4-5-16)15(21)18-13-3-6-22-17(10-13)8-12(9-17)14(19)20/h11-13H,3-10H2,1-2H3,(H,18,21)(H,19,20). The van der Waals surface area contributed by atoms with Crippen LogP contribution in [0.1, 0.15) is 58.8 Å². The lowest BCUT2D eigenvalue weighted by Gasteiger charge is -2.50. The topological polar surface area (TPSA) is 75.6 Å². The van der Waals surface area contributed by atoms with Crippen LogP contribution in [0, 0.1) is 17.3 Å². The minimum Gasteiger partial charge on any atom is -0.481 e. The Kier molecular flexibility index (Phi) is 3.96. The molecule has 124 valence electrons. The highest BCUT2D eigenvalue weighted by Crippen LogP contribution is 2.51. The average molecular weight is 309 g/mol. The summed E-state index contributed by atoms with van der Waals surface area (Å²) in [6.45, 7) is 4.95. The van der Waals surface area contributed by atoms with Crippen LogP contribution in [0.3, 0.4) is 0 Å². The molecule has 1 amide bonds. The fourth-order valence-electron chi connectivity index (χ4n) is 4.24. The number of carbonyl (C=O) groups is 2. The second-order valence-corrected chi connectivity index (χ2v) is 8.02. The molecule has 2 saturated carbocycles. The highest BCUT2D eigenvalue weighted by molar-refractivity contribution is 5.85. The Labute approximate surface area is 131 Å². The molecular formula is C17H27NO4. The summed E-state index contributed by atoms with van der Waals surface area (Å²) in [4.78, 5) is 23.6. The summed E-state index contributed by atoms with van der Waals surface area (Å²) < 4.78 is 5.84. The van der Waals surface area contributed by atoms with Gasteiger partial charge < -0.3 is 15.2 Å². The molecule has 1 atom stereocenters. The number of carboxylic acids is 1. The van der Waals surface area contributed by atoms with E-state index in [0.29, 0.717) is 25.4 Å². The van der Waals surface area contributed by atoms with Crippen LogP contribution < -0.4 is 5.32 Å². The van der Waals surface area contributed by atoms with Crippen LogP contribution in [0.2, 0.25) is 0 Å². The summed E-state index contributed by atoms with van der Waals surface area (Å²) in [5, 5.41) is 12.3. The summed E-state index contributed by atoms with van der Waals surface area (Å²) >= 11 is 0. The lowest BCUT2D eigenvalue weighted by molar-refractivity contribution is -0.182. The van der Waals surface area contributed by atoms with Crippen molar-refractivity contribution >= 4 is 11.9 Å². The zero-order valence-corrected chi connectivity index (χ0v) is 13.6. The Morgan fingerprint density at radius 3 is 2.50 bits per heavy atom. The predicted molar refractivity (Wildman–Crippen MR) is 81.3 cm³/mol. The molecule has 0 aromatic rings. The van der Waals surface area contributed by atoms with Crippen molar-refractivity contribution in [1.82, 2.24) is 5.32 Å². The minimum atomic E-state index is -0.728. The normalized spacial score (nSPS) is 36.0. The fraction of sp³-hybridized carbons (Fsp3) is 0.882. The van der Waals surface area contributed by atoms with E-state index in [2.05, 4.69) is 19.2 Å². The minimum absolute atomic E-state index is 0.122. The number of hydrogen-bond acceptors (Lipinski definition) is 3. The van der Waals surface area contributed by atoms with Crippen LogP contribution in [0.5, 0.6) is 0 Å². The first-order valence-corrected chi connectivity index (χ1v) is 8.52. The highest BCUT2D eigenvalue weighted by Gasteiger charge is 2.53. The van der Waals surface area contributed by atoms with Gasteiger partial charge in [-0.15, -0.1) is 0 Å². The molecule has 1 aliphatic heterocycles. The van der Waals surface area contributed by atoms with E-state index in [1.807, 2.05) is 0 Å². The quantitative estimate of drug-likeness (QED) is 0.817. The van der Waals surface area contributed by atoms with Gasteiger partial charge in [0.1, 0.15) is 0 Å². The lowest BCUT2D eigenvalue weighted by Crippen LogP contribution is -2.57. The van der Waals surface area contributed by atoms with E-state index in [-0.39, 0.29) is 28.9 Å². The van der Waals surface area contributed by atoms with Gasteiger partial charge in [-0.1, -0.05) is 13.8 Å². The Morgan fingerprint density at radius 1 is 1.27 bits per heavy atom. The summed E-state index contributed by atoms with van der Waals surface area (Å²) in [6.07, 6.45) is 5.76. The molecule has 3 fully saturated rings. The molecule has 1 spiro atoms. The van der Waals surface area contributed by atoms with Crippen molar-refractivity contribution in [3.05, 3.63) is 0 Å². The second-order valence-electron chi connectivity index (χ2n) is 8.02. The molecule has 2 aliphatic carbocycles. The molecule has 1 heterocycles. The molecule has 0 radical (unpaired) electrons. The van der Waals surface area contributed by atoms with E-state index >= 15 is 0 Å². The summed E-state index contributed by atoms with van der Waals surface area (Å²) in [5.41, 5.74) is -0.420. The Hall–Kier alpha value is -1.10. The van der Waals surface area contributed by atoms with Crippen LogP contribution in [0.25, 0.3) is 0 Å². The van der Waals surface area contributed by atoms with Crippen LogP contribution in [-0.2, 0) is 14.3 Å². The molecular weight excluding hydrogens is 282 g/mol. The van der Waals surface area contributed by atoms with Gasteiger partial charge in [-0.05, 0) is 50.9 Å². The first-order chi connectivity index (χ1) is 10.3.